The molecule has 1 atom stereocenters. The second-order valence-corrected chi connectivity index (χ2v) is 3.96. The molecule has 0 bridgehead atoms. The number of methoxy groups -OCH3 is 1. The number of anilines is 1. The first kappa shape index (κ1) is 11.7. The third kappa shape index (κ3) is 2.34. The highest BCUT2D eigenvalue weighted by atomic mass is 16.6. The molecule has 1 amide bonds. The van der Waals surface area contributed by atoms with Crippen LogP contribution in [-0.2, 0) is 4.74 Å². The first-order chi connectivity index (χ1) is 8.26. The van der Waals surface area contributed by atoms with E-state index >= 15 is 0 Å². The van der Waals surface area contributed by atoms with Crippen molar-refractivity contribution in [3.05, 3.63) is 24.3 Å². The van der Waals surface area contributed by atoms with Gasteiger partial charge in [-0.2, -0.15) is 0 Å². The van der Waals surface area contributed by atoms with Crippen LogP contribution < -0.4 is 15.4 Å². The molecule has 1 saturated heterocycles. The standard InChI is InChI=1S/C12H16N2O3/c1-16-11-5-3-2-4-10(11)14-7-9(6-13)8-17-12(14)15/h2-5,9H,6-8,13H2,1H3. The Morgan fingerprint density at radius 2 is 2.29 bits per heavy atom. The fourth-order valence-corrected chi connectivity index (χ4v) is 1.84. The van der Waals surface area contributed by atoms with Gasteiger partial charge in [-0.15, -0.1) is 0 Å². The Hall–Kier alpha value is -1.75. The van der Waals surface area contributed by atoms with E-state index in [-0.39, 0.29) is 12.0 Å². The summed E-state index contributed by atoms with van der Waals surface area (Å²) in [4.78, 5) is 13.3. The molecule has 0 radical (unpaired) electrons. The van der Waals surface area contributed by atoms with Gasteiger partial charge in [0.2, 0.25) is 0 Å². The van der Waals surface area contributed by atoms with Crippen LogP contribution in [0.1, 0.15) is 0 Å². The Bertz CT molecular complexity index is 408. The van der Waals surface area contributed by atoms with Crippen LogP contribution in [0.2, 0.25) is 0 Å². The summed E-state index contributed by atoms with van der Waals surface area (Å²) in [7, 11) is 1.58. The van der Waals surface area contributed by atoms with Gasteiger partial charge < -0.3 is 15.2 Å². The van der Waals surface area contributed by atoms with Crippen molar-refractivity contribution < 1.29 is 14.3 Å². The molecule has 0 spiro atoms. The molecular formula is C12H16N2O3. The lowest BCUT2D eigenvalue weighted by atomic mass is 10.1. The number of carbonyl (C=O) groups excluding carboxylic acids is 1. The Labute approximate surface area is 100 Å². The van der Waals surface area contributed by atoms with Crippen molar-refractivity contribution in [2.24, 2.45) is 11.7 Å². The van der Waals surface area contributed by atoms with Crippen LogP contribution in [-0.4, -0.2) is 32.9 Å². The maximum absolute atomic E-state index is 11.7. The van der Waals surface area contributed by atoms with Crippen molar-refractivity contribution in [1.29, 1.82) is 0 Å². The van der Waals surface area contributed by atoms with Crippen LogP contribution in [0.25, 0.3) is 0 Å². The van der Waals surface area contributed by atoms with Crippen molar-refractivity contribution in [3.8, 4) is 5.75 Å². The van der Waals surface area contributed by atoms with E-state index in [0.29, 0.717) is 25.4 Å². The quantitative estimate of drug-likeness (QED) is 0.857. The number of para-hydroxylation sites is 2. The molecule has 5 nitrogen and oxygen atoms in total. The Balaban J connectivity index is 2.27. The van der Waals surface area contributed by atoms with E-state index in [0.717, 1.165) is 5.69 Å². The molecule has 1 fully saturated rings. The van der Waals surface area contributed by atoms with E-state index < -0.39 is 0 Å². The molecule has 1 aliphatic heterocycles. The van der Waals surface area contributed by atoms with Crippen LogP contribution in [0.15, 0.2) is 24.3 Å². The van der Waals surface area contributed by atoms with Crippen LogP contribution in [0.5, 0.6) is 5.75 Å². The van der Waals surface area contributed by atoms with E-state index in [9.17, 15) is 4.79 Å². The van der Waals surface area contributed by atoms with E-state index in [1.54, 1.807) is 12.0 Å². The SMILES string of the molecule is COc1ccccc1N1CC(CN)COC1=O. The topological polar surface area (TPSA) is 64.8 Å². The van der Waals surface area contributed by atoms with Gasteiger partial charge in [0.15, 0.2) is 0 Å². The Morgan fingerprint density at radius 3 is 3.00 bits per heavy atom. The molecule has 5 heteroatoms. The average molecular weight is 236 g/mol. The number of carbonyl (C=O) groups is 1. The van der Waals surface area contributed by atoms with Crippen molar-refractivity contribution in [1.82, 2.24) is 0 Å². The number of cyclic esters (lactones) is 1. The minimum atomic E-state index is -0.348. The molecule has 0 saturated carbocycles. The lowest BCUT2D eigenvalue weighted by Gasteiger charge is -2.32. The van der Waals surface area contributed by atoms with Crippen LogP contribution in [0, 0.1) is 5.92 Å². The van der Waals surface area contributed by atoms with Crippen LogP contribution in [0.3, 0.4) is 0 Å². The zero-order valence-corrected chi connectivity index (χ0v) is 9.76. The molecule has 1 aliphatic rings. The summed E-state index contributed by atoms with van der Waals surface area (Å²) in [6, 6.07) is 7.36. The Kier molecular flexibility index (Phi) is 3.49. The predicted molar refractivity (Wildman–Crippen MR) is 64.2 cm³/mol. The average Bonchev–Trinajstić information content (AvgIpc) is 2.39. The number of amides is 1. The Morgan fingerprint density at radius 1 is 1.53 bits per heavy atom. The highest BCUT2D eigenvalue weighted by Gasteiger charge is 2.29. The van der Waals surface area contributed by atoms with E-state index in [2.05, 4.69) is 0 Å². The van der Waals surface area contributed by atoms with Crippen molar-refractivity contribution in [2.75, 3.05) is 31.7 Å². The number of nitrogens with two attached hydrogens (primary N) is 1. The van der Waals surface area contributed by atoms with Gasteiger partial charge in [0.1, 0.15) is 5.75 Å². The molecule has 17 heavy (non-hydrogen) atoms. The number of nitrogens with zero attached hydrogens (tertiary/aromatic N) is 1. The summed E-state index contributed by atoms with van der Waals surface area (Å²) in [6.45, 7) is 1.45. The van der Waals surface area contributed by atoms with Gasteiger partial charge in [0.05, 0.1) is 19.4 Å². The van der Waals surface area contributed by atoms with Gasteiger partial charge in [-0.25, -0.2) is 4.79 Å². The van der Waals surface area contributed by atoms with E-state index in [4.69, 9.17) is 15.2 Å². The van der Waals surface area contributed by atoms with Gasteiger partial charge in [-0.1, -0.05) is 12.1 Å². The molecule has 2 rings (SSSR count). The lowest BCUT2D eigenvalue weighted by molar-refractivity contribution is 0.117. The normalized spacial score (nSPS) is 20.0. The lowest BCUT2D eigenvalue weighted by Crippen LogP contribution is -2.45. The third-order valence-electron chi connectivity index (χ3n) is 2.81. The smallest absolute Gasteiger partial charge is 0.414 e. The van der Waals surface area contributed by atoms with Crippen molar-refractivity contribution in [2.45, 2.75) is 0 Å². The monoisotopic (exact) mass is 236 g/mol. The maximum Gasteiger partial charge on any atom is 0.414 e. The predicted octanol–water partition coefficient (Wildman–Crippen LogP) is 1.23. The number of ether oxygens (including phenoxy) is 2. The maximum atomic E-state index is 11.7. The number of rotatable bonds is 3. The van der Waals surface area contributed by atoms with Crippen molar-refractivity contribution in [3.63, 3.8) is 0 Å². The zero-order valence-electron chi connectivity index (χ0n) is 9.76. The molecule has 1 aromatic rings. The van der Waals surface area contributed by atoms with E-state index in [1.807, 2.05) is 24.3 Å². The molecule has 0 aromatic heterocycles. The minimum absolute atomic E-state index is 0.164. The minimum Gasteiger partial charge on any atom is -0.495 e. The fourth-order valence-electron chi connectivity index (χ4n) is 1.84. The highest BCUT2D eigenvalue weighted by molar-refractivity contribution is 5.90. The second-order valence-electron chi connectivity index (χ2n) is 3.96. The summed E-state index contributed by atoms with van der Waals surface area (Å²) < 4.78 is 10.3. The highest BCUT2D eigenvalue weighted by Crippen LogP contribution is 2.30. The van der Waals surface area contributed by atoms with Crippen LogP contribution in [0.4, 0.5) is 10.5 Å². The molecule has 2 N–H and O–H groups in total. The second kappa shape index (κ2) is 5.05. The first-order valence-corrected chi connectivity index (χ1v) is 5.53. The summed E-state index contributed by atoms with van der Waals surface area (Å²) >= 11 is 0. The summed E-state index contributed by atoms with van der Waals surface area (Å²) in [6.07, 6.45) is -0.348. The molecular weight excluding hydrogens is 220 g/mol. The van der Waals surface area contributed by atoms with Gasteiger partial charge in [0.25, 0.3) is 0 Å². The number of benzene rings is 1. The zero-order chi connectivity index (χ0) is 12.3. The summed E-state index contributed by atoms with van der Waals surface area (Å²) in [5.74, 6) is 0.819. The van der Waals surface area contributed by atoms with Gasteiger partial charge in [-0.3, -0.25) is 4.90 Å². The molecule has 1 aromatic carbocycles. The third-order valence-corrected chi connectivity index (χ3v) is 2.81. The molecule has 1 heterocycles. The number of hydrogen-bond acceptors (Lipinski definition) is 4. The summed E-state index contributed by atoms with van der Waals surface area (Å²) in [5, 5.41) is 0. The van der Waals surface area contributed by atoms with Gasteiger partial charge >= 0.3 is 6.09 Å². The first-order valence-electron chi connectivity index (χ1n) is 5.53. The summed E-state index contributed by atoms with van der Waals surface area (Å²) in [5.41, 5.74) is 6.33. The van der Waals surface area contributed by atoms with Crippen molar-refractivity contribution >= 4 is 11.8 Å². The molecule has 92 valence electrons. The van der Waals surface area contributed by atoms with Crippen LogP contribution >= 0.6 is 0 Å². The van der Waals surface area contributed by atoms with E-state index in [1.165, 1.54) is 0 Å². The van der Waals surface area contributed by atoms with Gasteiger partial charge in [-0.05, 0) is 12.1 Å². The van der Waals surface area contributed by atoms with Gasteiger partial charge in [0, 0.05) is 19.0 Å². The fraction of sp³-hybridized carbons (Fsp3) is 0.417. The number of hydrogen-bond donors (Lipinski definition) is 1. The molecule has 0 aliphatic carbocycles. The largest absolute Gasteiger partial charge is 0.495 e. The molecule has 1 unspecified atom stereocenters.